The first-order valence-corrected chi connectivity index (χ1v) is 5.75. The van der Waals surface area contributed by atoms with Gasteiger partial charge in [-0.3, -0.25) is 14.5 Å². The molecule has 0 unspecified atom stereocenters. The van der Waals surface area contributed by atoms with Gasteiger partial charge >= 0.3 is 0 Å². The molecule has 0 aromatic carbocycles. The molecule has 1 saturated heterocycles. The van der Waals surface area contributed by atoms with Crippen LogP contribution in [0.25, 0.3) is 0 Å². The highest BCUT2D eigenvalue weighted by Gasteiger charge is 2.31. The summed E-state index contributed by atoms with van der Waals surface area (Å²) in [5, 5.41) is 4.25. The molecule has 0 bridgehead atoms. The van der Waals surface area contributed by atoms with E-state index in [9.17, 15) is 9.59 Å². The van der Waals surface area contributed by atoms with E-state index >= 15 is 0 Å². The number of carbonyl (C=O) groups excluding carboxylic acids is 2. The third-order valence-corrected chi connectivity index (χ3v) is 3.14. The van der Waals surface area contributed by atoms with E-state index < -0.39 is 0 Å². The van der Waals surface area contributed by atoms with Crippen molar-refractivity contribution in [3.8, 4) is 0 Å². The lowest BCUT2D eigenvalue weighted by Crippen LogP contribution is -2.42. The molecule has 7 heteroatoms. The fraction of sp³-hybridized carbons (Fsp3) is 0.556. The van der Waals surface area contributed by atoms with E-state index in [1.807, 2.05) is 6.92 Å². The van der Waals surface area contributed by atoms with Gasteiger partial charge in [-0.2, -0.15) is 0 Å². The molecule has 0 radical (unpaired) electrons. The summed E-state index contributed by atoms with van der Waals surface area (Å²) in [6.45, 7) is 2.04. The first kappa shape index (κ1) is 11.0. The standard InChI is InChI=1S/C9H12N4O2S/c1-5-2-7(14)13(8(15)3-5)4-6-9(10)16-12-11-6/h5H,2-4,10H2,1H3. The number of hydrogen-bond acceptors (Lipinski definition) is 6. The quantitative estimate of drug-likeness (QED) is 0.756. The monoisotopic (exact) mass is 240 g/mol. The molecule has 2 amide bonds. The van der Waals surface area contributed by atoms with Crippen LogP contribution in [0.2, 0.25) is 0 Å². The SMILES string of the molecule is CC1CC(=O)N(Cc2nnsc2N)C(=O)C1. The molecule has 1 aliphatic rings. The number of carbonyl (C=O) groups is 2. The number of imide groups is 1. The van der Waals surface area contributed by atoms with Crippen LogP contribution in [-0.2, 0) is 16.1 Å². The maximum absolute atomic E-state index is 11.7. The Morgan fingerprint density at radius 1 is 1.44 bits per heavy atom. The topological polar surface area (TPSA) is 89.2 Å². The zero-order valence-electron chi connectivity index (χ0n) is 8.84. The fourth-order valence-electron chi connectivity index (χ4n) is 1.68. The maximum Gasteiger partial charge on any atom is 0.229 e. The molecular weight excluding hydrogens is 228 g/mol. The molecule has 1 aliphatic heterocycles. The molecular formula is C9H12N4O2S. The van der Waals surface area contributed by atoms with Crippen molar-refractivity contribution in [2.75, 3.05) is 5.73 Å². The highest BCUT2D eigenvalue weighted by Crippen LogP contribution is 2.22. The minimum absolute atomic E-state index is 0.127. The molecule has 86 valence electrons. The maximum atomic E-state index is 11.7. The van der Waals surface area contributed by atoms with Crippen molar-refractivity contribution >= 4 is 28.3 Å². The Hall–Kier alpha value is -1.50. The Kier molecular flexibility index (Phi) is 2.86. The first-order chi connectivity index (χ1) is 7.58. The van der Waals surface area contributed by atoms with Gasteiger partial charge in [0.25, 0.3) is 0 Å². The van der Waals surface area contributed by atoms with Crippen molar-refractivity contribution in [1.82, 2.24) is 14.5 Å². The molecule has 1 fully saturated rings. The lowest BCUT2D eigenvalue weighted by molar-refractivity contribution is -0.150. The van der Waals surface area contributed by atoms with Gasteiger partial charge in [-0.1, -0.05) is 11.4 Å². The lowest BCUT2D eigenvalue weighted by Gasteiger charge is -2.27. The summed E-state index contributed by atoms with van der Waals surface area (Å²) < 4.78 is 3.67. The number of nitrogens with two attached hydrogens (primary N) is 1. The highest BCUT2D eigenvalue weighted by molar-refractivity contribution is 7.09. The van der Waals surface area contributed by atoms with Crippen LogP contribution in [0.3, 0.4) is 0 Å². The van der Waals surface area contributed by atoms with E-state index in [2.05, 4.69) is 9.59 Å². The largest absolute Gasteiger partial charge is 0.388 e. The second kappa shape index (κ2) is 4.17. The van der Waals surface area contributed by atoms with Crippen molar-refractivity contribution in [3.05, 3.63) is 5.69 Å². The van der Waals surface area contributed by atoms with Gasteiger partial charge in [0.05, 0.1) is 6.54 Å². The molecule has 2 rings (SSSR count). The molecule has 16 heavy (non-hydrogen) atoms. The van der Waals surface area contributed by atoms with Crippen molar-refractivity contribution in [1.29, 1.82) is 0 Å². The van der Waals surface area contributed by atoms with E-state index in [0.29, 0.717) is 23.5 Å². The summed E-state index contributed by atoms with van der Waals surface area (Å²) in [6.07, 6.45) is 0.812. The number of piperidine rings is 1. The second-order valence-electron chi connectivity index (χ2n) is 3.97. The van der Waals surface area contributed by atoms with Crippen LogP contribution in [0, 0.1) is 5.92 Å². The third-order valence-electron chi connectivity index (χ3n) is 2.54. The van der Waals surface area contributed by atoms with E-state index in [1.165, 1.54) is 4.90 Å². The summed E-state index contributed by atoms with van der Waals surface area (Å²) >= 11 is 1.06. The fourth-order valence-corrected chi connectivity index (χ4v) is 2.12. The normalized spacial score (nSPS) is 18.2. The van der Waals surface area contributed by atoms with Gasteiger partial charge in [0.1, 0.15) is 10.7 Å². The zero-order valence-corrected chi connectivity index (χ0v) is 9.66. The Labute approximate surface area is 96.6 Å². The first-order valence-electron chi connectivity index (χ1n) is 4.98. The molecule has 0 atom stereocenters. The molecule has 0 saturated carbocycles. The minimum Gasteiger partial charge on any atom is -0.388 e. The summed E-state index contributed by atoms with van der Waals surface area (Å²) in [4.78, 5) is 24.6. The Morgan fingerprint density at radius 2 is 2.06 bits per heavy atom. The minimum atomic E-state index is -0.156. The third kappa shape index (κ3) is 2.04. The Morgan fingerprint density at radius 3 is 2.56 bits per heavy atom. The molecule has 0 spiro atoms. The highest BCUT2D eigenvalue weighted by atomic mass is 32.1. The van der Waals surface area contributed by atoms with Crippen molar-refractivity contribution in [2.45, 2.75) is 26.3 Å². The number of aromatic nitrogens is 2. The predicted molar refractivity (Wildman–Crippen MR) is 58.3 cm³/mol. The van der Waals surface area contributed by atoms with Gasteiger partial charge < -0.3 is 5.73 Å². The summed E-state index contributed by atoms with van der Waals surface area (Å²) in [6, 6.07) is 0. The smallest absolute Gasteiger partial charge is 0.229 e. The number of amides is 2. The summed E-state index contributed by atoms with van der Waals surface area (Å²) in [5.41, 5.74) is 6.12. The van der Waals surface area contributed by atoms with Crippen LogP contribution in [0.15, 0.2) is 0 Å². The van der Waals surface area contributed by atoms with Crippen molar-refractivity contribution in [2.24, 2.45) is 5.92 Å². The number of likely N-dealkylation sites (tertiary alicyclic amines) is 1. The van der Waals surface area contributed by atoms with Crippen molar-refractivity contribution in [3.63, 3.8) is 0 Å². The van der Waals surface area contributed by atoms with Gasteiger partial charge in [0.2, 0.25) is 11.8 Å². The van der Waals surface area contributed by atoms with Crippen LogP contribution >= 0.6 is 11.5 Å². The van der Waals surface area contributed by atoms with Crippen LogP contribution in [0.5, 0.6) is 0 Å². The van der Waals surface area contributed by atoms with Crippen LogP contribution in [-0.4, -0.2) is 26.3 Å². The van der Waals surface area contributed by atoms with Gasteiger partial charge in [-0.15, -0.1) is 5.10 Å². The number of anilines is 1. The van der Waals surface area contributed by atoms with E-state index in [0.717, 1.165) is 11.5 Å². The molecule has 1 aromatic heterocycles. The lowest BCUT2D eigenvalue weighted by atomic mass is 9.98. The average molecular weight is 240 g/mol. The van der Waals surface area contributed by atoms with Gasteiger partial charge in [0.15, 0.2) is 0 Å². The average Bonchev–Trinajstić information content (AvgIpc) is 2.57. The molecule has 2 heterocycles. The second-order valence-corrected chi connectivity index (χ2v) is 4.76. The Bertz CT molecular complexity index is 413. The van der Waals surface area contributed by atoms with Crippen LogP contribution in [0.1, 0.15) is 25.5 Å². The van der Waals surface area contributed by atoms with E-state index in [1.54, 1.807) is 0 Å². The molecule has 1 aromatic rings. The van der Waals surface area contributed by atoms with E-state index in [4.69, 9.17) is 5.73 Å². The molecule has 6 nitrogen and oxygen atoms in total. The predicted octanol–water partition coefficient (Wildman–Crippen LogP) is 0.405. The van der Waals surface area contributed by atoms with Gasteiger partial charge in [-0.05, 0) is 5.92 Å². The van der Waals surface area contributed by atoms with Crippen molar-refractivity contribution < 1.29 is 9.59 Å². The van der Waals surface area contributed by atoms with Gasteiger partial charge in [0, 0.05) is 24.4 Å². The summed E-state index contributed by atoms with van der Waals surface area (Å²) in [5.74, 6) is -0.186. The van der Waals surface area contributed by atoms with Crippen LogP contribution in [0.4, 0.5) is 5.00 Å². The van der Waals surface area contributed by atoms with E-state index in [-0.39, 0.29) is 24.3 Å². The van der Waals surface area contributed by atoms with Gasteiger partial charge in [-0.25, -0.2) is 0 Å². The van der Waals surface area contributed by atoms with Crippen LogP contribution < -0.4 is 5.73 Å². The number of hydrogen-bond donors (Lipinski definition) is 1. The number of nitrogens with zero attached hydrogens (tertiary/aromatic N) is 3. The zero-order chi connectivity index (χ0) is 11.7. The summed E-state index contributed by atoms with van der Waals surface area (Å²) in [7, 11) is 0. The molecule has 0 aliphatic carbocycles. The number of nitrogen functional groups attached to an aromatic ring is 1. The number of rotatable bonds is 2. The Balaban J connectivity index is 2.12. The molecule has 2 N–H and O–H groups in total.